The predicted octanol–water partition coefficient (Wildman–Crippen LogP) is -0.626. The van der Waals surface area contributed by atoms with Gasteiger partial charge in [-0.1, -0.05) is 26.0 Å². The second-order valence-electron chi connectivity index (χ2n) is 15.6. The number of allylic oxidation sites excluding steroid dienone is 1. The molecule has 0 unspecified atom stereocenters. The van der Waals surface area contributed by atoms with Crippen molar-refractivity contribution in [2.45, 2.75) is 139 Å². The lowest BCUT2D eigenvalue weighted by atomic mass is 9.87. The van der Waals surface area contributed by atoms with Crippen LogP contribution >= 0.6 is 0 Å². The van der Waals surface area contributed by atoms with Gasteiger partial charge in [-0.3, -0.25) is 4.79 Å². The molecular formula is C40H62N2O17. The van der Waals surface area contributed by atoms with E-state index >= 15 is 0 Å². The number of nitrogens with one attached hydrogen (secondary N) is 1. The zero-order chi connectivity index (χ0) is 43.7. The summed E-state index contributed by atoms with van der Waals surface area (Å²) in [4.78, 5) is 25.5. The number of primary amides is 1. The molecule has 0 aromatic heterocycles. The van der Waals surface area contributed by atoms with Crippen LogP contribution in [-0.4, -0.2) is 166 Å². The lowest BCUT2D eigenvalue weighted by Crippen LogP contribution is -2.60. The summed E-state index contributed by atoms with van der Waals surface area (Å²) in [5.74, 6) is -1.08. The van der Waals surface area contributed by atoms with E-state index in [-0.39, 0.29) is 24.5 Å². The minimum Gasteiger partial charge on any atom is -0.462 e. The maximum Gasteiger partial charge on any atom is 0.405 e. The molecule has 3 aliphatic heterocycles. The third-order valence-electron chi connectivity index (χ3n) is 11.1. The first kappa shape index (κ1) is 48.4. The lowest BCUT2D eigenvalue weighted by Gasteiger charge is -2.43. The quantitative estimate of drug-likeness (QED) is 0.139. The number of aliphatic hydroxyl groups is 8. The van der Waals surface area contributed by atoms with E-state index in [2.05, 4.69) is 5.32 Å². The van der Waals surface area contributed by atoms with Crippen molar-refractivity contribution >= 4 is 17.7 Å². The minimum atomic E-state index is -1.72. The standard InChI is InChI=1S/C40H62N2O17/c1-18-12-22-15-23(10-11-24(22)55-38-33(49)31(47)29(45)27(16-43)56-38)42-37(51)19(2)8-7-9-25(53-5)35(59-40(41)52)20(3)14-21(4)36(26(13-18)54-6)58-39-34(50)32(48)30(46)28(17-44)57-39/h8,10-11,14-15,18,21,25-36,38-39,43-50H,7,9,12-13,16-17H2,1-6H3,(H2,41,52)(H,42,51)/b19-8+,20-14+/t18-,21+,25+,26+,27-,28-,29-,30-,31+,32+,33-,34-,35+,36-,38-,39+/m1/s1. The molecule has 0 aliphatic carbocycles. The van der Waals surface area contributed by atoms with Crippen LogP contribution in [0.4, 0.5) is 10.5 Å². The Hall–Kier alpha value is -3.28. The number of hydrogen-bond acceptors (Lipinski definition) is 17. The van der Waals surface area contributed by atoms with Gasteiger partial charge in [0.1, 0.15) is 54.6 Å². The molecule has 0 spiro atoms. The van der Waals surface area contributed by atoms with E-state index in [4.69, 9.17) is 38.9 Å². The summed E-state index contributed by atoms with van der Waals surface area (Å²) < 4.78 is 41.2. The van der Waals surface area contributed by atoms with Crippen LogP contribution in [0.15, 0.2) is 41.5 Å². The maximum atomic E-state index is 13.4. The minimum absolute atomic E-state index is 0.207. The van der Waals surface area contributed by atoms with Gasteiger partial charge in [-0.05, 0) is 74.8 Å². The van der Waals surface area contributed by atoms with Gasteiger partial charge in [0.25, 0.3) is 5.91 Å². The molecule has 1 aromatic rings. The van der Waals surface area contributed by atoms with Gasteiger partial charge in [0.15, 0.2) is 12.4 Å². The molecule has 59 heavy (non-hydrogen) atoms. The topological polar surface area (TPSA) is 299 Å². The number of aliphatic hydroxyl groups excluding tert-OH is 8. The summed E-state index contributed by atoms with van der Waals surface area (Å²) in [5.41, 5.74) is 7.34. The third-order valence-corrected chi connectivity index (χ3v) is 11.1. The van der Waals surface area contributed by atoms with Crippen molar-refractivity contribution in [2.75, 3.05) is 32.8 Å². The first-order valence-electron chi connectivity index (χ1n) is 19.7. The molecule has 334 valence electrons. The van der Waals surface area contributed by atoms with E-state index in [0.717, 1.165) is 0 Å². The average Bonchev–Trinajstić information content (AvgIpc) is 3.20. The summed E-state index contributed by atoms with van der Waals surface area (Å²) >= 11 is 0. The van der Waals surface area contributed by atoms with Crippen molar-refractivity contribution in [1.29, 1.82) is 0 Å². The largest absolute Gasteiger partial charge is 0.462 e. The van der Waals surface area contributed by atoms with E-state index in [1.165, 1.54) is 14.2 Å². The zero-order valence-electron chi connectivity index (χ0n) is 34.2. The normalized spacial score (nSPS) is 39.9. The molecule has 2 fully saturated rings. The first-order valence-corrected chi connectivity index (χ1v) is 19.7. The number of carbonyl (C=O) groups excluding carboxylic acids is 2. The molecule has 0 radical (unpaired) electrons. The monoisotopic (exact) mass is 842 g/mol. The van der Waals surface area contributed by atoms with E-state index in [1.807, 2.05) is 6.92 Å². The summed E-state index contributed by atoms with van der Waals surface area (Å²) in [7, 11) is 2.91. The van der Waals surface area contributed by atoms with Crippen molar-refractivity contribution in [3.8, 4) is 5.75 Å². The smallest absolute Gasteiger partial charge is 0.405 e. The number of rotatable bonds is 9. The lowest BCUT2D eigenvalue weighted by molar-refractivity contribution is -0.320. The highest BCUT2D eigenvalue weighted by molar-refractivity contribution is 6.03. The molecule has 2 saturated heterocycles. The van der Waals surface area contributed by atoms with Crippen molar-refractivity contribution in [2.24, 2.45) is 17.6 Å². The second kappa shape index (κ2) is 22.0. The molecule has 2 bridgehead atoms. The van der Waals surface area contributed by atoms with Gasteiger partial charge < -0.3 is 85.1 Å². The molecule has 11 N–H and O–H groups in total. The molecule has 3 aliphatic rings. The maximum absolute atomic E-state index is 13.4. The highest BCUT2D eigenvalue weighted by atomic mass is 16.7. The summed E-state index contributed by atoms with van der Waals surface area (Å²) in [6, 6.07) is 4.81. The molecule has 4 rings (SSSR count). The van der Waals surface area contributed by atoms with Gasteiger partial charge in [-0.2, -0.15) is 0 Å². The van der Waals surface area contributed by atoms with Crippen LogP contribution in [0, 0.1) is 11.8 Å². The fraction of sp³-hybridized carbons (Fsp3) is 0.700. The van der Waals surface area contributed by atoms with E-state index < -0.39 is 117 Å². The summed E-state index contributed by atoms with van der Waals surface area (Å²) in [6.45, 7) is 5.72. The Balaban J connectivity index is 1.78. The van der Waals surface area contributed by atoms with Crippen LogP contribution in [0.1, 0.15) is 52.5 Å². The highest BCUT2D eigenvalue weighted by Gasteiger charge is 2.47. The Morgan fingerprint density at radius 2 is 1.46 bits per heavy atom. The summed E-state index contributed by atoms with van der Waals surface area (Å²) in [6.07, 6.45) is -15.4. The number of benzene rings is 1. The Kier molecular flexibility index (Phi) is 18.0. The third kappa shape index (κ3) is 12.2. The van der Waals surface area contributed by atoms with Gasteiger partial charge in [-0.25, -0.2) is 4.79 Å². The number of anilines is 1. The van der Waals surface area contributed by atoms with E-state index in [0.29, 0.717) is 35.2 Å². The number of amides is 2. The Bertz CT molecular complexity index is 1590. The molecule has 1 aromatic carbocycles. The number of hydrogen-bond donors (Lipinski definition) is 10. The van der Waals surface area contributed by atoms with E-state index in [9.17, 15) is 50.4 Å². The molecule has 16 atom stereocenters. The fourth-order valence-corrected chi connectivity index (χ4v) is 7.70. The number of nitrogens with two attached hydrogens (primary N) is 1. The molecule has 19 nitrogen and oxygen atoms in total. The van der Waals surface area contributed by atoms with Crippen LogP contribution in [0.2, 0.25) is 0 Å². The number of fused-ring (bicyclic) bond motifs is 2. The predicted molar refractivity (Wildman–Crippen MR) is 208 cm³/mol. The van der Waals surface area contributed by atoms with Crippen molar-refractivity contribution < 1.29 is 83.6 Å². The fourth-order valence-electron chi connectivity index (χ4n) is 7.70. The van der Waals surface area contributed by atoms with Crippen LogP contribution < -0.4 is 15.8 Å². The van der Waals surface area contributed by atoms with Gasteiger partial charge in [0, 0.05) is 31.4 Å². The van der Waals surface area contributed by atoms with Crippen molar-refractivity contribution in [3.05, 3.63) is 47.1 Å². The van der Waals surface area contributed by atoms with Crippen LogP contribution in [-0.2, 0) is 39.6 Å². The molecule has 19 heteroatoms. The van der Waals surface area contributed by atoms with Gasteiger partial charge in [0.2, 0.25) is 6.29 Å². The Labute approximate surface area is 343 Å². The van der Waals surface area contributed by atoms with Crippen LogP contribution in [0.5, 0.6) is 5.75 Å². The van der Waals surface area contributed by atoms with Gasteiger partial charge in [0.05, 0.1) is 31.5 Å². The highest BCUT2D eigenvalue weighted by Crippen LogP contribution is 2.34. The van der Waals surface area contributed by atoms with Gasteiger partial charge in [-0.15, -0.1) is 0 Å². The van der Waals surface area contributed by atoms with E-state index in [1.54, 1.807) is 51.1 Å². The average molecular weight is 843 g/mol. The SMILES string of the molecule is CO[C@H]1C[C@H](C)Cc2cc(ccc2O[C@@H]2O[C@H](CO)[C@@H](O)[C@H](O)[C@H]2O)NC(=O)/C(C)=C/CC[C@H](OC)[C@@H](OC(N)=O)/C(C)=C/[C@H](C)[C@H]1O[C@@H]1O[C@H](CO)[C@@H](O)[C@H](O)[C@H]1O. The van der Waals surface area contributed by atoms with Crippen molar-refractivity contribution in [1.82, 2.24) is 0 Å². The number of methoxy groups -OCH3 is 2. The molecule has 2 amide bonds. The van der Waals surface area contributed by atoms with Gasteiger partial charge >= 0.3 is 6.09 Å². The van der Waals surface area contributed by atoms with Crippen molar-refractivity contribution in [3.63, 3.8) is 0 Å². The first-order chi connectivity index (χ1) is 27.9. The zero-order valence-corrected chi connectivity index (χ0v) is 34.2. The number of carbonyl (C=O) groups is 2. The molecule has 0 saturated carbocycles. The van der Waals surface area contributed by atoms with Crippen LogP contribution in [0.3, 0.4) is 0 Å². The molecular weight excluding hydrogens is 780 g/mol. The second-order valence-corrected chi connectivity index (χ2v) is 15.6. The Morgan fingerprint density at radius 3 is 2.03 bits per heavy atom. The number of ether oxygens (including phenoxy) is 7. The summed E-state index contributed by atoms with van der Waals surface area (Å²) in [5, 5.41) is 86.0. The Morgan fingerprint density at radius 1 is 0.864 bits per heavy atom. The van der Waals surface area contributed by atoms with Crippen LogP contribution in [0.25, 0.3) is 0 Å². The molecule has 3 heterocycles.